The summed E-state index contributed by atoms with van der Waals surface area (Å²) in [6.07, 6.45) is 8.42. The third kappa shape index (κ3) is 3.04. The van der Waals surface area contributed by atoms with Crippen LogP contribution in [-0.4, -0.2) is 36.9 Å². The van der Waals surface area contributed by atoms with Crippen molar-refractivity contribution in [2.75, 3.05) is 19.7 Å². The molecule has 0 radical (unpaired) electrons. The van der Waals surface area contributed by atoms with E-state index in [9.17, 15) is 4.79 Å². The predicted octanol–water partition coefficient (Wildman–Crippen LogP) is 3.07. The molecular formula is C17H23NO2. The quantitative estimate of drug-likeness (QED) is 0.736. The molecule has 1 saturated heterocycles. The van der Waals surface area contributed by atoms with Crippen LogP contribution in [0.5, 0.6) is 5.75 Å². The highest BCUT2D eigenvalue weighted by Gasteiger charge is 2.22. The first-order valence-corrected chi connectivity index (χ1v) is 7.82. The van der Waals surface area contributed by atoms with Gasteiger partial charge < -0.3 is 4.74 Å². The fourth-order valence-corrected chi connectivity index (χ4v) is 3.49. The van der Waals surface area contributed by atoms with Gasteiger partial charge in [0.15, 0.2) is 0 Å². The summed E-state index contributed by atoms with van der Waals surface area (Å²) >= 11 is 0. The number of carbonyl (C=O) groups is 1. The van der Waals surface area contributed by atoms with Crippen LogP contribution in [0.25, 0.3) is 0 Å². The van der Waals surface area contributed by atoms with Crippen LogP contribution >= 0.6 is 0 Å². The van der Waals surface area contributed by atoms with Crippen LogP contribution in [0.2, 0.25) is 0 Å². The topological polar surface area (TPSA) is 29.5 Å². The van der Waals surface area contributed by atoms with Gasteiger partial charge in [-0.3, -0.25) is 9.69 Å². The molecule has 0 amide bonds. The number of aldehydes is 1. The zero-order chi connectivity index (χ0) is 13.8. The molecule has 108 valence electrons. The van der Waals surface area contributed by atoms with E-state index < -0.39 is 0 Å². The fourth-order valence-electron chi connectivity index (χ4n) is 3.49. The number of fused-ring (bicyclic) bond motifs is 2. The molecule has 0 saturated carbocycles. The number of piperidine rings is 1. The van der Waals surface area contributed by atoms with E-state index in [0.717, 1.165) is 43.2 Å². The maximum atomic E-state index is 10.9. The van der Waals surface area contributed by atoms with Crippen LogP contribution in [0.1, 0.15) is 48.0 Å². The summed E-state index contributed by atoms with van der Waals surface area (Å²) in [5, 5.41) is 0. The van der Waals surface area contributed by atoms with Gasteiger partial charge in [-0.1, -0.05) is 6.42 Å². The molecule has 1 unspecified atom stereocenters. The zero-order valence-corrected chi connectivity index (χ0v) is 12.0. The molecule has 3 nitrogen and oxygen atoms in total. The number of hydrogen-bond donors (Lipinski definition) is 0. The van der Waals surface area contributed by atoms with Crippen molar-refractivity contribution in [2.24, 2.45) is 0 Å². The summed E-state index contributed by atoms with van der Waals surface area (Å²) in [7, 11) is 0. The Morgan fingerprint density at radius 1 is 1.15 bits per heavy atom. The van der Waals surface area contributed by atoms with Gasteiger partial charge in [-0.25, -0.2) is 0 Å². The maximum Gasteiger partial charge on any atom is 0.150 e. The van der Waals surface area contributed by atoms with Gasteiger partial charge in [0, 0.05) is 18.2 Å². The van der Waals surface area contributed by atoms with Gasteiger partial charge in [0.2, 0.25) is 0 Å². The Kier molecular flexibility index (Phi) is 4.36. The Morgan fingerprint density at radius 2 is 2.05 bits per heavy atom. The molecule has 1 aromatic carbocycles. The molecular weight excluding hydrogens is 250 g/mol. The van der Waals surface area contributed by atoms with E-state index >= 15 is 0 Å². The Hall–Kier alpha value is -1.35. The largest absolute Gasteiger partial charge is 0.492 e. The molecule has 0 N–H and O–H groups in total. The molecule has 3 heteroatoms. The van der Waals surface area contributed by atoms with Gasteiger partial charge in [-0.05, 0) is 62.4 Å². The maximum absolute atomic E-state index is 10.9. The average molecular weight is 273 g/mol. The SMILES string of the molecule is O=Cc1ccc2c(c1)CCCC1CCCCN1CCO2. The first-order chi connectivity index (χ1) is 9.86. The van der Waals surface area contributed by atoms with Gasteiger partial charge >= 0.3 is 0 Å². The average Bonchev–Trinajstić information content (AvgIpc) is 2.50. The van der Waals surface area contributed by atoms with Gasteiger partial charge in [0.1, 0.15) is 18.6 Å². The molecule has 2 aliphatic rings. The van der Waals surface area contributed by atoms with Crippen molar-refractivity contribution in [3.63, 3.8) is 0 Å². The van der Waals surface area contributed by atoms with Gasteiger partial charge in [-0.15, -0.1) is 0 Å². The highest BCUT2D eigenvalue weighted by Crippen LogP contribution is 2.26. The first-order valence-electron chi connectivity index (χ1n) is 7.82. The third-order valence-corrected chi connectivity index (χ3v) is 4.59. The summed E-state index contributed by atoms with van der Waals surface area (Å²) in [5.74, 6) is 0.964. The summed E-state index contributed by atoms with van der Waals surface area (Å²) < 4.78 is 5.95. The van der Waals surface area contributed by atoms with Crippen LogP contribution in [0.4, 0.5) is 0 Å². The number of benzene rings is 1. The van der Waals surface area contributed by atoms with E-state index in [1.807, 2.05) is 18.2 Å². The highest BCUT2D eigenvalue weighted by atomic mass is 16.5. The summed E-state index contributed by atoms with van der Waals surface area (Å²) in [6, 6.07) is 6.53. The molecule has 2 aliphatic heterocycles. The third-order valence-electron chi connectivity index (χ3n) is 4.59. The Morgan fingerprint density at radius 3 is 2.95 bits per heavy atom. The molecule has 0 spiro atoms. The van der Waals surface area contributed by atoms with Crippen LogP contribution < -0.4 is 4.74 Å². The van der Waals surface area contributed by atoms with E-state index in [-0.39, 0.29) is 0 Å². The second kappa shape index (κ2) is 6.40. The number of rotatable bonds is 1. The smallest absolute Gasteiger partial charge is 0.150 e. The number of aryl methyl sites for hydroxylation is 1. The lowest BCUT2D eigenvalue weighted by molar-refractivity contribution is 0.111. The molecule has 20 heavy (non-hydrogen) atoms. The molecule has 1 fully saturated rings. The highest BCUT2D eigenvalue weighted by molar-refractivity contribution is 5.75. The summed E-state index contributed by atoms with van der Waals surface area (Å²) in [5.41, 5.74) is 1.95. The van der Waals surface area contributed by atoms with Crippen LogP contribution in [0.3, 0.4) is 0 Å². The fraction of sp³-hybridized carbons (Fsp3) is 0.588. The van der Waals surface area contributed by atoms with E-state index in [4.69, 9.17) is 4.74 Å². The van der Waals surface area contributed by atoms with Gasteiger partial charge in [-0.2, -0.15) is 0 Å². The minimum absolute atomic E-state index is 0.739. The summed E-state index contributed by atoms with van der Waals surface area (Å²) in [6.45, 7) is 3.01. The Balaban J connectivity index is 1.76. The van der Waals surface area contributed by atoms with Gasteiger partial charge in [0.05, 0.1) is 0 Å². The lowest BCUT2D eigenvalue weighted by atomic mass is 9.95. The first kappa shape index (κ1) is 13.6. The van der Waals surface area contributed by atoms with Crippen molar-refractivity contribution in [2.45, 2.75) is 44.6 Å². The number of hydrogen-bond acceptors (Lipinski definition) is 3. The molecule has 0 bridgehead atoms. The zero-order valence-electron chi connectivity index (χ0n) is 12.0. The number of ether oxygens (including phenoxy) is 1. The second-order valence-electron chi connectivity index (χ2n) is 5.91. The van der Waals surface area contributed by atoms with E-state index in [1.165, 1.54) is 44.2 Å². The van der Waals surface area contributed by atoms with E-state index in [1.54, 1.807) is 0 Å². The monoisotopic (exact) mass is 273 g/mol. The number of nitrogens with zero attached hydrogens (tertiary/aromatic N) is 1. The number of carbonyl (C=O) groups excluding carboxylic acids is 1. The van der Waals surface area contributed by atoms with Crippen molar-refractivity contribution < 1.29 is 9.53 Å². The van der Waals surface area contributed by atoms with Crippen LogP contribution in [0, 0.1) is 0 Å². The summed E-state index contributed by atoms with van der Waals surface area (Å²) in [4.78, 5) is 13.5. The van der Waals surface area contributed by atoms with Crippen molar-refractivity contribution in [3.05, 3.63) is 29.3 Å². The van der Waals surface area contributed by atoms with Gasteiger partial charge in [0.25, 0.3) is 0 Å². The minimum Gasteiger partial charge on any atom is -0.492 e. The Labute approximate surface area is 120 Å². The predicted molar refractivity (Wildman–Crippen MR) is 79.5 cm³/mol. The van der Waals surface area contributed by atoms with Crippen molar-refractivity contribution in [3.8, 4) is 5.75 Å². The molecule has 3 rings (SSSR count). The van der Waals surface area contributed by atoms with Crippen molar-refractivity contribution in [1.29, 1.82) is 0 Å². The van der Waals surface area contributed by atoms with E-state index in [2.05, 4.69) is 4.90 Å². The molecule has 2 heterocycles. The minimum atomic E-state index is 0.739. The molecule has 0 aromatic heterocycles. The molecule has 0 aliphatic carbocycles. The Bertz CT molecular complexity index is 472. The van der Waals surface area contributed by atoms with Crippen LogP contribution in [0.15, 0.2) is 18.2 Å². The second-order valence-corrected chi connectivity index (χ2v) is 5.91. The molecule has 1 atom stereocenters. The standard InChI is InChI=1S/C17H23NO2/c19-13-14-7-8-17-15(12-14)4-3-6-16-5-1-2-9-18(16)10-11-20-17/h7-8,12-13,16H,1-6,9-11H2. The normalized spacial score (nSPS) is 24.1. The van der Waals surface area contributed by atoms with Crippen molar-refractivity contribution >= 4 is 6.29 Å². The molecule has 1 aromatic rings. The van der Waals surface area contributed by atoms with E-state index in [0.29, 0.717) is 0 Å². The van der Waals surface area contributed by atoms with Crippen molar-refractivity contribution in [1.82, 2.24) is 4.90 Å². The lowest BCUT2D eigenvalue weighted by Gasteiger charge is -2.36. The van der Waals surface area contributed by atoms with Crippen LogP contribution in [-0.2, 0) is 6.42 Å². The lowest BCUT2D eigenvalue weighted by Crippen LogP contribution is -2.42.